The first kappa shape index (κ1) is 15.8. The number of nitrogens with zero attached hydrogens (tertiary/aromatic N) is 1. The zero-order chi connectivity index (χ0) is 15.4. The third-order valence-corrected chi connectivity index (χ3v) is 4.27. The Kier molecular flexibility index (Phi) is 5.23. The largest absolute Gasteiger partial charge is 0.496 e. The number of likely N-dealkylation sites (tertiary alicyclic amines) is 1. The summed E-state index contributed by atoms with van der Waals surface area (Å²) in [6.45, 7) is 8.52. The Balaban J connectivity index is 1.93. The molecule has 4 nitrogen and oxygen atoms in total. The molecule has 0 saturated carbocycles. The first-order valence-electron chi connectivity index (χ1n) is 7.71. The van der Waals surface area contributed by atoms with Gasteiger partial charge in [0.15, 0.2) is 0 Å². The topological polar surface area (TPSA) is 41.6 Å². The van der Waals surface area contributed by atoms with Crippen LogP contribution >= 0.6 is 0 Å². The maximum atomic E-state index is 12.3. The van der Waals surface area contributed by atoms with Gasteiger partial charge in [0.1, 0.15) is 5.75 Å². The van der Waals surface area contributed by atoms with Gasteiger partial charge in [-0.1, -0.05) is 6.07 Å². The SMILES string of the molecule is COc1cc(C(=O)NC2CCN(C(C)C)CC2)ccc1C. The molecular formula is C17H26N2O2. The van der Waals surface area contributed by atoms with Gasteiger partial charge in [-0.15, -0.1) is 0 Å². The van der Waals surface area contributed by atoms with E-state index in [4.69, 9.17) is 4.74 Å². The number of amides is 1. The Morgan fingerprint density at radius 1 is 1.33 bits per heavy atom. The second-order valence-corrected chi connectivity index (χ2v) is 6.06. The lowest BCUT2D eigenvalue weighted by Crippen LogP contribution is -2.46. The number of aryl methyl sites for hydroxylation is 1. The zero-order valence-corrected chi connectivity index (χ0v) is 13.5. The minimum Gasteiger partial charge on any atom is -0.496 e. The summed E-state index contributed by atoms with van der Waals surface area (Å²) in [5, 5.41) is 3.14. The molecule has 2 rings (SSSR count). The van der Waals surface area contributed by atoms with Crippen LogP contribution in [0.5, 0.6) is 5.75 Å². The van der Waals surface area contributed by atoms with Crippen LogP contribution in [-0.2, 0) is 0 Å². The minimum absolute atomic E-state index is 0.00343. The van der Waals surface area contributed by atoms with Crippen molar-refractivity contribution in [3.63, 3.8) is 0 Å². The van der Waals surface area contributed by atoms with Gasteiger partial charge in [0.2, 0.25) is 0 Å². The molecule has 1 fully saturated rings. The number of hydrogen-bond acceptors (Lipinski definition) is 3. The number of carbonyl (C=O) groups excluding carboxylic acids is 1. The van der Waals surface area contributed by atoms with E-state index in [2.05, 4.69) is 24.1 Å². The maximum Gasteiger partial charge on any atom is 0.251 e. The van der Waals surface area contributed by atoms with E-state index < -0.39 is 0 Å². The van der Waals surface area contributed by atoms with E-state index in [0.717, 1.165) is 37.2 Å². The quantitative estimate of drug-likeness (QED) is 0.927. The van der Waals surface area contributed by atoms with Crippen LogP contribution in [0.1, 0.15) is 42.6 Å². The predicted octanol–water partition coefficient (Wildman–Crippen LogP) is 2.61. The maximum absolute atomic E-state index is 12.3. The number of hydrogen-bond donors (Lipinski definition) is 1. The van der Waals surface area contributed by atoms with Crippen molar-refractivity contribution < 1.29 is 9.53 Å². The van der Waals surface area contributed by atoms with Gasteiger partial charge in [-0.05, 0) is 51.3 Å². The normalized spacial score (nSPS) is 17.0. The highest BCUT2D eigenvalue weighted by Gasteiger charge is 2.22. The molecule has 1 aliphatic rings. The fourth-order valence-corrected chi connectivity index (χ4v) is 2.79. The number of benzene rings is 1. The summed E-state index contributed by atoms with van der Waals surface area (Å²) in [6.07, 6.45) is 2.04. The Morgan fingerprint density at radius 3 is 2.57 bits per heavy atom. The van der Waals surface area contributed by atoms with E-state index in [-0.39, 0.29) is 11.9 Å². The molecule has 21 heavy (non-hydrogen) atoms. The van der Waals surface area contributed by atoms with Crippen LogP contribution in [0, 0.1) is 6.92 Å². The lowest BCUT2D eigenvalue weighted by molar-refractivity contribution is 0.0900. The average Bonchev–Trinajstić information content (AvgIpc) is 2.48. The van der Waals surface area contributed by atoms with E-state index in [9.17, 15) is 4.79 Å². The first-order chi connectivity index (χ1) is 10.0. The summed E-state index contributed by atoms with van der Waals surface area (Å²) in [6, 6.07) is 6.46. The molecule has 0 aliphatic carbocycles. The molecule has 1 aromatic carbocycles. The van der Waals surface area contributed by atoms with Gasteiger partial charge in [0.25, 0.3) is 5.91 Å². The Labute approximate surface area is 127 Å². The van der Waals surface area contributed by atoms with Crippen LogP contribution in [0.4, 0.5) is 0 Å². The van der Waals surface area contributed by atoms with Crippen molar-refractivity contribution in [2.45, 2.75) is 45.7 Å². The molecule has 4 heteroatoms. The fourth-order valence-electron chi connectivity index (χ4n) is 2.79. The minimum atomic E-state index is -0.00343. The van der Waals surface area contributed by atoms with E-state index in [1.807, 2.05) is 25.1 Å². The lowest BCUT2D eigenvalue weighted by atomic mass is 10.0. The van der Waals surface area contributed by atoms with Gasteiger partial charge in [-0.2, -0.15) is 0 Å². The molecule has 1 amide bonds. The third kappa shape index (κ3) is 3.97. The van der Waals surface area contributed by atoms with E-state index in [1.54, 1.807) is 7.11 Å². The van der Waals surface area contributed by atoms with E-state index in [0.29, 0.717) is 11.6 Å². The molecule has 0 aromatic heterocycles. The summed E-state index contributed by atoms with van der Waals surface area (Å²) >= 11 is 0. The van der Waals surface area contributed by atoms with Crippen molar-refractivity contribution >= 4 is 5.91 Å². The molecule has 0 unspecified atom stereocenters. The summed E-state index contributed by atoms with van der Waals surface area (Å²) < 4.78 is 5.28. The monoisotopic (exact) mass is 290 g/mol. The van der Waals surface area contributed by atoms with Crippen molar-refractivity contribution in [2.24, 2.45) is 0 Å². The molecule has 1 aliphatic heterocycles. The molecule has 0 bridgehead atoms. The number of piperidine rings is 1. The van der Waals surface area contributed by atoms with Crippen molar-refractivity contribution in [2.75, 3.05) is 20.2 Å². The highest BCUT2D eigenvalue weighted by atomic mass is 16.5. The number of nitrogens with one attached hydrogen (secondary N) is 1. The zero-order valence-electron chi connectivity index (χ0n) is 13.5. The summed E-state index contributed by atoms with van der Waals surface area (Å²) in [4.78, 5) is 14.8. The van der Waals surface area contributed by atoms with Crippen molar-refractivity contribution in [1.82, 2.24) is 10.2 Å². The van der Waals surface area contributed by atoms with Crippen molar-refractivity contribution in [3.05, 3.63) is 29.3 Å². The molecule has 0 spiro atoms. The molecule has 116 valence electrons. The molecule has 0 atom stereocenters. The molecular weight excluding hydrogens is 264 g/mol. The van der Waals surface area contributed by atoms with Gasteiger partial charge >= 0.3 is 0 Å². The summed E-state index contributed by atoms with van der Waals surface area (Å²) in [5.41, 5.74) is 1.71. The third-order valence-electron chi connectivity index (χ3n) is 4.27. The second kappa shape index (κ2) is 6.94. The van der Waals surface area contributed by atoms with E-state index in [1.165, 1.54) is 0 Å². The predicted molar refractivity (Wildman–Crippen MR) is 84.9 cm³/mol. The first-order valence-corrected chi connectivity index (χ1v) is 7.71. The molecule has 1 saturated heterocycles. The number of rotatable bonds is 4. The highest BCUT2D eigenvalue weighted by molar-refractivity contribution is 5.94. The van der Waals surface area contributed by atoms with Crippen molar-refractivity contribution in [3.8, 4) is 5.75 Å². The van der Waals surface area contributed by atoms with Gasteiger partial charge < -0.3 is 15.0 Å². The highest BCUT2D eigenvalue weighted by Crippen LogP contribution is 2.19. The Morgan fingerprint density at radius 2 is 2.00 bits per heavy atom. The van der Waals surface area contributed by atoms with Gasteiger partial charge in [0.05, 0.1) is 7.11 Å². The van der Waals surface area contributed by atoms with Crippen LogP contribution in [0.15, 0.2) is 18.2 Å². The summed E-state index contributed by atoms with van der Waals surface area (Å²) in [7, 11) is 1.63. The average molecular weight is 290 g/mol. The number of methoxy groups -OCH3 is 1. The Bertz CT molecular complexity index is 492. The lowest BCUT2D eigenvalue weighted by Gasteiger charge is -2.34. The van der Waals surface area contributed by atoms with Gasteiger partial charge in [0, 0.05) is 30.7 Å². The molecule has 1 heterocycles. The van der Waals surface area contributed by atoms with Crippen LogP contribution in [0.3, 0.4) is 0 Å². The Hall–Kier alpha value is -1.55. The molecule has 0 radical (unpaired) electrons. The number of carbonyl (C=O) groups is 1. The number of ether oxygens (including phenoxy) is 1. The van der Waals surface area contributed by atoms with E-state index >= 15 is 0 Å². The van der Waals surface area contributed by atoms with Crippen LogP contribution in [-0.4, -0.2) is 43.1 Å². The fraction of sp³-hybridized carbons (Fsp3) is 0.588. The van der Waals surface area contributed by atoms with Crippen LogP contribution in [0.2, 0.25) is 0 Å². The molecule has 1 N–H and O–H groups in total. The van der Waals surface area contributed by atoms with Gasteiger partial charge in [-0.3, -0.25) is 4.79 Å². The van der Waals surface area contributed by atoms with Crippen LogP contribution < -0.4 is 10.1 Å². The van der Waals surface area contributed by atoms with Crippen molar-refractivity contribution in [1.29, 1.82) is 0 Å². The van der Waals surface area contributed by atoms with Crippen LogP contribution in [0.25, 0.3) is 0 Å². The summed E-state index contributed by atoms with van der Waals surface area (Å²) in [5.74, 6) is 0.758. The smallest absolute Gasteiger partial charge is 0.251 e. The molecule has 1 aromatic rings. The second-order valence-electron chi connectivity index (χ2n) is 6.06. The standard InChI is InChI=1S/C17H26N2O2/c1-12(2)19-9-7-15(8-10-19)18-17(20)14-6-5-13(3)16(11-14)21-4/h5-6,11-12,15H,7-10H2,1-4H3,(H,18,20). The van der Waals surface area contributed by atoms with Gasteiger partial charge in [-0.25, -0.2) is 0 Å².